The average molecular weight is 359 g/mol. The monoisotopic (exact) mass is 357 g/mol. The fourth-order valence-electron chi connectivity index (χ4n) is 1.56. The zero-order chi connectivity index (χ0) is 14.0. The number of halogens is 3. The van der Waals surface area contributed by atoms with E-state index in [-0.39, 0.29) is 5.91 Å². The second kappa shape index (κ2) is 5.95. The van der Waals surface area contributed by atoms with Gasteiger partial charge in [-0.15, -0.1) is 0 Å². The number of hydrogen-bond acceptors (Lipinski definition) is 1. The van der Waals surface area contributed by atoms with Crippen molar-refractivity contribution in [2.24, 2.45) is 0 Å². The molecule has 5 heteroatoms. The summed E-state index contributed by atoms with van der Waals surface area (Å²) in [6, 6.07) is 10.5. The van der Waals surface area contributed by atoms with Gasteiger partial charge in [0.25, 0.3) is 5.91 Å². The maximum atomic E-state index is 12.1. The van der Waals surface area contributed by atoms with E-state index < -0.39 is 0 Å². The summed E-state index contributed by atoms with van der Waals surface area (Å²) in [7, 11) is 0. The van der Waals surface area contributed by atoms with Crippen molar-refractivity contribution in [2.75, 3.05) is 5.32 Å². The summed E-state index contributed by atoms with van der Waals surface area (Å²) in [5.74, 6) is -0.222. The highest BCUT2D eigenvalue weighted by molar-refractivity contribution is 9.10. The van der Waals surface area contributed by atoms with Gasteiger partial charge in [0.15, 0.2) is 0 Å². The first-order valence-electron chi connectivity index (χ1n) is 5.50. The lowest BCUT2D eigenvalue weighted by Crippen LogP contribution is -2.12. The normalized spacial score (nSPS) is 10.3. The van der Waals surface area contributed by atoms with Gasteiger partial charge >= 0.3 is 0 Å². The molecular weight excluding hydrogens is 349 g/mol. The third-order valence-corrected chi connectivity index (χ3v) is 3.86. The molecule has 1 amide bonds. The number of carbonyl (C=O) groups is 1. The Bertz CT molecular complexity index is 643. The minimum Gasteiger partial charge on any atom is -0.322 e. The fraction of sp³-hybridized carbons (Fsp3) is 0.0714. The van der Waals surface area contributed by atoms with E-state index in [1.54, 1.807) is 18.2 Å². The second-order valence-corrected chi connectivity index (χ2v) is 5.77. The number of nitrogens with one attached hydrogen (secondary N) is 1. The smallest absolute Gasteiger partial charge is 0.255 e. The predicted octanol–water partition coefficient (Wildman–Crippen LogP) is 5.32. The molecule has 0 atom stereocenters. The number of aryl methyl sites for hydroxylation is 1. The van der Waals surface area contributed by atoms with Gasteiger partial charge in [0, 0.05) is 15.7 Å². The number of hydrogen-bond donors (Lipinski definition) is 1. The molecular formula is C14H10BrCl2NO. The third-order valence-electron chi connectivity index (χ3n) is 2.63. The van der Waals surface area contributed by atoms with Crippen molar-refractivity contribution >= 4 is 50.7 Å². The van der Waals surface area contributed by atoms with Gasteiger partial charge in [0.2, 0.25) is 0 Å². The Hall–Kier alpha value is -1.03. The van der Waals surface area contributed by atoms with Gasteiger partial charge in [-0.05, 0) is 42.8 Å². The lowest BCUT2D eigenvalue weighted by molar-refractivity contribution is 0.102. The number of rotatable bonds is 2. The molecule has 98 valence electrons. The summed E-state index contributed by atoms with van der Waals surface area (Å²) in [6.45, 7) is 1.93. The first-order chi connectivity index (χ1) is 8.97. The zero-order valence-electron chi connectivity index (χ0n) is 10.0. The van der Waals surface area contributed by atoms with Gasteiger partial charge in [-0.3, -0.25) is 4.79 Å². The Morgan fingerprint density at radius 2 is 1.84 bits per heavy atom. The molecule has 0 aliphatic heterocycles. The van der Waals surface area contributed by atoms with E-state index in [0.29, 0.717) is 15.6 Å². The number of anilines is 1. The molecule has 0 unspecified atom stereocenters. The van der Waals surface area contributed by atoms with Crippen LogP contribution in [0.15, 0.2) is 40.9 Å². The molecule has 2 aromatic carbocycles. The maximum absolute atomic E-state index is 12.1. The minimum absolute atomic E-state index is 0.222. The summed E-state index contributed by atoms with van der Waals surface area (Å²) in [5, 5.41) is 3.63. The van der Waals surface area contributed by atoms with Gasteiger partial charge in [-0.2, -0.15) is 0 Å². The van der Waals surface area contributed by atoms with Crippen molar-refractivity contribution in [1.82, 2.24) is 0 Å². The molecule has 0 saturated heterocycles. The first kappa shape index (κ1) is 14.4. The third kappa shape index (κ3) is 3.50. The number of amides is 1. The quantitative estimate of drug-likeness (QED) is 0.773. The zero-order valence-corrected chi connectivity index (χ0v) is 13.1. The Morgan fingerprint density at radius 3 is 2.53 bits per heavy atom. The van der Waals surface area contributed by atoms with E-state index >= 15 is 0 Å². The fourth-order valence-corrected chi connectivity index (χ4v) is 2.22. The van der Waals surface area contributed by atoms with Crippen LogP contribution in [0.4, 0.5) is 5.69 Å². The molecule has 0 spiro atoms. The molecule has 2 rings (SSSR count). The van der Waals surface area contributed by atoms with Crippen LogP contribution >= 0.6 is 39.1 Å². The van der Waals surface area contributed by atoms with E-state index in [2.05, 4.69) is 21.2 Å². The molecule has 1 N–H and O–H groups in total. The van der Waals surface area contributed by atoms with E-state index in [0.717, 1.165) is 15.7 Å². The van der Waals surface area contributed by atoms with Crippen LogP contribution in [0.5, 0.6) is 0 Å². The topological polar surface area (TPSA) is 29.1 Å². The van der Waals surface area contributed by atoms with Crippen LogP contribution in [-0.2, 0) is 0 Å². The first-order valence-corrected chi connectivity index (χ1v) is 7.05. The van der Waals surface area contributed by atoms with E-state index in [1.807, 2.05) is 25.1 Å². The summed E-state index contributed by atoms with van der Waals surface area (Å²) >= 11 is 15.1. The Kier molecular flexibility index (Phi) is 4.50. The molecule has 0 saturated carbocycles. The summed E-state index contributed by atoms with van der Waals surface area (Å²) < 4.78 is 0.905. The number of carbonyl (C=O) groups excluding carboxylic acids is 1. The highest BCUT2D eigenvalue weighted by Gasteiger charge is 2.10. The van der Waals surface area contributed by atoms with Crippen LogP contribution in [0.2, 0.25) is 10.0 Å². The van der Waals surface area contributed by atoms with Gasteiger partial charge in [-0.25, -0.2) is 0 Å². The Balaban J connectivity index is 2.25. The molecule has 0 aromatic heterocycles. The van der Waals surface area contributed by atoms with Crippen molar-refractivity contribution in [3.05, 3.63) is 62.0 Å². The lowest BCUT2D eigenvalue weighted by Gasteiger charge is -2.09. The average Bonchev–Trinajstić information content (AvgIpc) is 2.37. The van der Waals surface area contributed by atoms with Crippen LogP contribution in [0.25, 0.3) is 0 Å². The standard InChI is InChI=1S/C14H10BrCl2NO/c1-8-2-4-10(15)7-13(8)18-14(19)9-3-5-11(16)12(17)6-9/h2-7H,1H3,(H,18,19). The van der Waals surface area contributed by atoms with E-state index in [4.69, 9.17) is 23.2 Å². The largest absolute Gasteiger partial charge is 0.322 e. The second-order valence-electron chi connectivity index (χ2n) is 4.04. The summed E-state index contributed by atoms with van der Waals surface area (Å²) in [5.41, 5.74) is 2.20. The molecule has 2 aromatic rings. The van der Waals surface area contributed by atoms with Crippen molar-refractivity contribution in [2.45, 2.75) is 6.92 Å². The SMILES string of the molecule is Cc1ccc(Br)cc1NC(=O)c1ccc(Cl)c(Cl)c1. The molecule has 0 aliphatic carbocycles. The summed E-state index contributed by atoms with van der Waals surface area (Å²) in [4.78, 5) is 12.1. The van der Waals surface area contributed by atoms with Crippen LogP contribution in [0, 0.1) is 6.92 Å². The van der Waals surface area contributed by atoms with E-state index in [9.17, 15) is 4.79 Å². The van der Waals surface area contributed by atoms with Crippen LogP contribution in [0.3, 0.4) is 0 Å². The minimum atomic E-state index is -0.222. The highest BCUT2D eigenvalue weighted by atomic mass is 79.9. The van der Waals surface area contributed by atoms with Crippen molar-refractivity contribution in [1.29, 1.82) is 0 Å². The van der Waals surface area contributed by atoms with Gasteiger partial charge < -0.3 is 5.32 Å². The van der Waals surface area contributed by atoms with E-state index in [1.165, 1.54) is 0 Å². The molecule has 2 nitrogen and oxygen atoms in total. The van der Waals surface area contributed by atoms with Gasteiger partial charge in [0.1, 0.15) is 0 Å². The van der Waals surface area contributed by atoms with Gasteiger partial charge in [0.05, 0.1) is 10.0 Å². The molecule has 19 heavy (non-hydrogen) atoms. The van der Waals surface area contributed by atoms with Crippen LogP contribution in [-0.4, -0.2) is 5.91 Å². The molecule has 0 fully saturated rings. The maximum Gasteiger partial charge on any atom is 0.255 e. The van der Waals surface area contributed by atoms with Crippen molar-refractivity contribution in [3.8, 4) is 0 Å². The predicted molar refractivity (Wildman–Crippen MR) is 83.3 cm³/mol. The Labute approximate surface area is 129 Å². The lowest BCUT2D eigenvalue weighted by atomic mass is 10.1. The molecule has 0 aliphatic rings. The van der Waals surface area contributed by atoms with Crippen LogP contribution in [0.1, 0.15) is 15.9 Å². The number of benzene rings is 2. The van der Waals surface area contributed by atoms with Gasteiger partial charge in [-0.1, -0.05) is 45.2 Å². The van der Waals surface area contributed by atoms with Crippen LogP contribution < -0.4 is 5.32 Å². The Morgan fingerprint density at radius 1 is 1.11 bits per heavy atom. The summed E-state index contributed by atoms with van der Waals surface area (Å²) in [6.07, 6.45) is 0. The van der Waals surface area contributed by atoms with Crippen molar-refractivity contribution in [3.63, 3.8) is 0 Å². The molecule has 0 heterocycles. The molecule has 0 bridgehead atoms. The van der Waals surface area contributed by atoms with Crippen molar-refractivity contribution < 1.29 is 4.79 Å². The highest BCUT2D eigenvalue weighted by Crippen LogP contribution is 2.24. The molecule has 0 radical (unpaired) electrons.